The average Bonchev–Trinajstić information content (AvgIpc) is 3.40. The lowest BCUT2D eigenvalue weighted by Gasteiger charge is -2.36. The Balaban J connectivity index is 1.32. The van der Waals surface area contributed by atoms with Gasteiger partial charge in [-0.15, -0.1) is 11.3 Å². The van der Waals surface area contributed by atoms with Gasteiger partial charge in [-0.2, -0.15) is 5.10 Å². The van der Waals surface area contributed by atoms with Crippen molar-refractivity contribution in [2.24, 2.45) is 0 Å². The molecule has 2 aromatic carbocycles. The first-order chi connectivity index (χ1) is 15.9. The van der Waals surface area contributed by atoms with E-state index in [0.29, 0.717) is 23.5 Å². The Bertz CT molecular complexity index is 1330. The predicted octanol–water partition coefficient (Wildman–Crippen LogP) is 4.70. The van der Waals surface area contributed by atoms with E-state index in [1.54, 1.807) is 23.7 Å². The fourth-order valence-electron chi connectivity index (χ4n) is 4.14. The number of halogens is 1. The highest BCUT2D eigenvalue weighted by Gasteiger charge is 2.25. The van der Waals surface area contributed by atoms with Crippen molar-refractivity contribution in [3.8, 4) is 5.69 Å². The summed E-state index contributed by atoms with van der Waals surface area (Å²) in [5.41, 5.74) is 3.36. The van der Waals surface area contributed by atoms with Crippen LogP contribution in [0.5, 0.6) is 0 Å². The van der Waals surface area contributed by atoms with E-state index in [2.05, 4.69) is 10.00 Å². The zero-order valence-corrected chi connectivity index (χ0v) is 19.2. The van der Waals surface area contributed by atoms with Crippen LogP contribution in [-0.4, -0.2) is 52.5 Å². The maximum atomic E-state index is 13.3. The minimum atomic E-state index is -0.296. The molecule has 0 radical (unpaired) electrons. The minimum absolute atomic E-state index is 0.0211. The largest absolute Gasteiger partial charge is 0.368 e. The van der Waals surface area contributed by atoms with E-state index in [9.17, 15) is 14.0 Å². The van der Waals surface area contributed by atoms with Crippen LogP contribution in [0, 0.1) is 12.7 Å². The number of carbonyl (C=O) groups excluding carboxylic acids is 2. The van der Waals surface area contributed by atoms with Gasteiger partial charge in [0.1, 0.15) is 10.6 Å². The van der Waals surface area contributed by atoms with Crippen LogP contribution in [0.25, 0.3) is 15.9 Å². The van der Waals surface area contributed by atoms with E-state index in [0.717, 1.165) is 40.4 Å². The number of piperazine rings is 1. The minimum Gasteiger partial charge on any atom is -0.368 e. The number of thiophene rings is 1. The van der Waals surface area contributed by atoms with Crippen molar-refractivity contribution in [3.05, 3.63) is 76.5 Å². The first kappa shape index (κ1) is 21.3. The lowest BCUT2D eigenvalue weighted by Crippen LogP contribution is -2.48. The second-order valence-corrected chi connectivity index (χ2v) is 9.22. The quantitative estimate of drug-likeness (QED) is 0.413. The molecule has 0 bridgehead atoms. The van der Waals surface area contributed by atoms with Gasteiger partial charge in [-0.1, -0.05) is 0 Å². The zero-order chi connectivity index (χ0) is 23.1. The molecule has 1 amide bonds. The number of rotatable bonds is 4. The van der Waals surface area contributed by atoms with Crippen molar-refractivity contribution in [1.29, 1.82) is 0 Å². The van der Waals surface area contributed by atoms with Crippen molar-refractivity contribution >= 4 is 38.9 Å². The highest BCUT2D eigenvalue weighted by molar-refractivity contribution is 7.20. The van der Waals surface area contributed by atoms with E-state index in [1.165, 1.54) is 23.5 Å². The molecule has 0 aliphatic carbocycles. The van der Waals surface area contributed by atoms with Gasteiger partial charge in [-0.05, 0) is 68.4 Å². The standard InChI is InChI=1S/C25H23FN4O2S/c1-16-22-15-23(33-25(22)30(27-16)21-9-5-19(26)6-10-21)24(32)29-13-11-28(12-14-29)20-7-3-18(4-8-20)17(2)31/h3-10,15H,11-14H2,1-2H3. The predicted molar refractivity (Wildman–Crippen MR) is 128 cm³/mol. The molecule has 6 nitrogen and oxygen atoms in total. The molecule has 2 aromatic heterocycles. The third kappa shape index (κ3) is 4.02. The molecule has 1 aliphatic heterocycles. The summed E-state index contributed by atoms with van der Waals surface area (Å²) < 4.78 is 15.1. The molecule has 1 fully saturated rings. The summed E-state index contributed by atoms with van der Waals surface area (Å²) in [6.07, 6.45) is 0. The Hall–Kier alpha value is -3.52. The van der Waals surface area contributed by atoms with Crippen LogP contribution in [0.4, 0.5) is 10.1 Å². The van der Waals surface area contributed by atoms with Gasteiger partial charge in [-0.3, -0.25) is 9.59 Å². The number of amides is 1. The van der Waals surface area contributed by atoms with Crippen LogP contribution in [0.2, 0.25) is 0 Å². The molecule has 0 unspecified atom stereocenters. The van der Waals surface area contributed by atoms with Gasteiger partial charge in [0.25, 0.3) is 5.91 Å². The second-order valence-electron chi connectivity index (χ2n) is 8.19. The topological polar surface area (TPSA) is 58.4 Å². The van der Waals surface area contributed by atoms with Gasteiger partial charge in [0, 0.05) is 42.8 Å². The van der Waals surface area contributed by atoms with Crippen molar-refractivity contribution in [2.75, 3.05) is 31.1 Å². The number of anilines is 1. The fourth-order valence-corrected chi connectivity index (χ4v) is 5.29. The van der Waals surface area contributed by atoms with E-state index in [-0.39, 0.29) is 17.5 Å². The van der Waals surface area contributed by atoms with Gasteiger partial charge >= 0.3 is 0 Å². The Morgan fingerprint density at radius 3 is 2.21 bits per heavy atom. The maximum Gasteiger partial charge on any atom is 0.264 e. The zero-order valence-electron chi connectivity index (χ0n) is 18.4. The molecule has 8 heteroatoms. The van der Waals surface area contributed by atoms with Crippen molar-refractivity contribution in [3.63, 3.8) is 0 Å². The molecule has 0 spiro atoms. The summed E-state index contributed by atoms with van der Waals surface area (Å²) in [6, 6.07) is 15.7. The van der Waals surface area contributed by atoms with Crippen molar-refractivity contribution in [2.45, 2.75) is 13.8 Å². The first-order valence-electron chi connectivity index (χ1n) is 10.8. The number of Topliss-reactive ketones (excluding diaryl/α,β-unsaturated/α-hetero) is 1. The lowest BCUT2D eigenvalue weighted by atomic mass is 10.1. The summed E-state index contributed by atoms with van der Waals surface area (Å²) in [7, 11) is 0. The first-order valence-corrected chi connectivity index (χ1v) is 11.6. The number of benzene rings is 2. The highest BCUT2D eigenvalue weighted by atomic mass is 32.1. The van der Waals surface area contributed by atoms with Gasteiger partial charge in [-0.25, -0.2) is 9.07 Å². The summed E-state index contributed by atoms with van der Waals surface area (Å²) in [5, 5.41) is 5.52. The molecular formula is C25H23FN4O2S. The molecule has 5 rings (SSSR count). The lowest BCUT2D eigenvalue weighted by molar-refractivity contribution is 0.0751. The van der Waals surface area contributed by atoms with Crippen molar-refractivity contribution < 1.29 is 14.0 Å². The Morgan fingerprint density at radius 2 is 1.58 bits per heavy atom. The molecule has 33 heavy (non-hydrogen) atoms. The van der Waals surface area contributed by atoms with Crippen LogP contribution in [0.15, 0.2) is 54.6 Å². The van der Waals surface area contributed by atoms with E-state index in [1.807, 2.05) is 42.2 Å². The van der Waals surface area contributed by atoms with Gasteiger partial charge < -0.3 is 9.80 Å². The smallest absolute Gasteiger partial charge is 0.264 e. The van der Waals surface area contributed by atoms with E-state index >= 15 is 0 Å². The molecule has 4 aromatic rings. The van der Waals surface area contributed by atoms with E-state index < -0.39 is 0 Å². The van der Waals surface area contributed by atoms with Crippen LogP contribution >= 0.6 is 11.3 Å². The van der Waals surface area contributed by atoms with Crippen LogP contribution in [-0.2, 0) is 0 Å². The number of fused-ring (bicyclic) bond motifs is 1. The van der Waals surface area contributed by atoms with Crippen LogP contribution < -0.4 is 4.90 Å². The summed E-state index contributed by atoms with van der Waals surface area (Å²) in [5.74, 6) is -0.222. The molecule has 168 valence electrons. The number of aromatic nitrogens is 2. The molecule has 1 saturated heterocycles. The van der Waals surface area contributed by atoms with Gasteiger partial charge in [0.15, 0.2) is 5.78 Å². The SMILES string of the molecule is CC(=O)c1ccc(N2CCN(C(=O)c3cc4c(C)nn(-c5ccc(F)cc5)c4s3)CC2)cc1. The molecule has 0 atom stereocenters. The molecule has 0 saturated carbocycles. The Labute approximate surface area is 194 Å². The van der Waals surface area contributed by atoms with Gasteiger partial charge in [0.2, 0.25) is 0 Å². The van der Waals surface area contributed by atoms with Crippen LogP contribution in [0.1, 0.15) is 32.6 Å². The molecule has 0 N–H and O–H groups in total. The third-order valence-electron chi connectivity index (χ3n) is 6.03. The van der Waals surface area contributed by atoms with E-state index in [4.69, 9.17) is 0 Å². The summed E-state index contributed by atoms with van der Waals surface area (Å²) >= 11 is 1.42. The monoisotopic (exact) mass is 462 g/mol. The number of aryl methyl sites for hydroxylation is 1. The number of nitrogens with zero attached hydrogens (tertiary/aromatic N) is 4. The summed E-state index contributed by atoms with van der Waals surface area (Å²) in [6.45, 7) is 6.21. The Morgan fingerprint density at radius 1 is 0.939 bits per heavy atom. The average molecular weight is 463 g/mol. The highest BCUT2D eigenvalue weighted by Crippen LogP contribution is 2.31. The number of hydrogen-bond donors (Lipinski definition) is 0. The number of carbonyl (C=O) groups is 2. The molecule has 1 aliphatic rings. The normalized spacial score (nSPS) is 14.2. The van der Waals surface area contributed by atoms with Crippen molar-refractivity contribution in [1.82, 2.24) is 14.7 Å². The number of ketones is 1. The maximum absolute atomic E-state index is 13.3. The summed E-state index contributed by atoms with van der Waals surface area (Å²) in [4.78, 5) is 30.4. The second kappa shape index (κ2) is 8.44. The fraction of sp³-hybridized carbons (Fsp3) is 0.240. The Kier molecular flexibility index (Phi) is 5.46. The molecular weight excluding hydrogens is 439 g/mol. The van der Waals surface area contributed by atoms with Crippen LogP contribution in [0.3, 0.4) is 0 Å². The van der Waals surface area contributed by atoms with Gasteiger partial charge in [0.05, 0.1) is 16.3 Å². The number of hydrogen-bond acceptors (Lipinski definition) is 5. The molecule has 3 heterocycles. The third-order valence-corrected chi connectivity index (χ3v) is 7.13.